The molecule has 0 spiro atoms. The Morgan fingerprint density at radius 2 is 2.10 bits per heavy atom. The Morgan fingerprint density at radius 1 is 1.35 bits per heavy atom. The summed E-state index contributed by atoms with van der Waals surface area (Å²) in [6.45, 7) is 4.24. The summed E-state index contributed by atoms with van der Waals surface area (Å²) in [4.78, 5) is 21.1. The maximum Gasteiger partial charge on any atom is 0.258 e. The van der Waals surface area contributed by atoms with Gasteiger partial charge in [-0.25, -0.2) is 4.98 Å². The molecule has 2 aromatic rings. The summed E-state index contributed by atoms with van der Waals surface area (Å²) in [6.07, 6.45) is 0.948. The molecule has 1 aromatic carbocycles. The predicted molar refractivity (Wildman–Crippen MR) is 79.9 cm³/mol. The van der Waals surface area contributed by atoms with Crippen LogP contribution in [-0.4, -0.2) is 37.2 Å². The van der Waals surface area contributed by atoms with Crippen molar-refractivity contribution >= 4 is 10.9 Å². The van der Waals surface area contributed by atoms with Crippen molar-refractivity contribution in [3.63, 3.8) is 0 Å². The minimum absolute atomic E-state index is 0.0457. The summed E-state index contributed by atoms with van der Waals surface area (Å²) in [5.74, 6) is 0.782. The van der Waals surface area contributed by atoms with Crippen LogP contribution in [0.15, 0.2) is 29.1 Å². The molecule has 0 aliphatic carbocycles. The van der Waals surface area contributed by atoms with Gasteiger partial charge in [0.15, 0.2) is 5.82 Å². The number of fused-ring (bicyclic) bond motifs is 1. The zero-order valence-electron chi connectivity index (χ0n) is 12.4. The highest BCUT2D eigenvalue weighted by atomic mass is 16.1. The molecule has 5 nitrogen and oxygen atoms in total. The zero-order chi connectivity index (χ0) is 14.5. The van der Waals surface area contributed by atoms with E-state index in [1.54, 1.807) is 0 Å². The van der Waals surface area contributed by atoms with Gasteiger partial charge in [-0.1, -0.05) is 19.1 Å². The van der Waals surface area contributed by atoms with E-state index in [4.69, 9.17) is 0 Å². The van der Waals surface area contributed by atoms with E-state index >= 15 is 0 Å². The number of H-pyrrole nitrogens is 1. The molecule has 0 bridgehead atoms. The number of para-hydroxylation sites is 1. The second kappa shape index (κ2) is 6.63. The molecule has 0 saturated heterocycles. The molecule has 2 rings (SSSR count). The first kappa shape index (κ1) is 14.7. The topological polar surface area (TPSA) is 66.8 Å². The van der Waals surface area contributed by atoms with E-state index in [1.165, 1.54) is 4.90 Å². The average molecular weight is 276 g/mol. The highest BCUT2D eigenvalue weighted by Gasteiger charge is 2.16. The van der Waals surface area contributed by atoms with Crippen molar-refractivity contribution in [2.45, 2.75) is 19.4 Å². The molecule has 5 heteroatoms. The Balaban J connectivity index is 2.23. The van der Waals surface area contributed by atoms with Gasteiger partial charge in [-0.05, 0) is 12.1 Å². The first-order chi connectivity index (χ1) is 9.61. The number of aromatic amines is 1. The van der Waals surface area contributed by atoms with Crippen molar-refractivity contribution < 1.29 is 10.2 Å². The monoisotopic (exact) mass is 276 g/mol. The highest BCUT2D eigenvalue weighted by Crippen LogP contribution is 2.10. The Kier molecular flexibility index (Phi) is 4.87. The molecule has 0 aliphatic rings. The van der Waals surface area contributed by atoms with Gasteiger partial charge in [0.2, 0.25) is 0 Å². The van der Waals surface area contributed by atoms with Crippen molar-refractivity contribution in [3.05, 3.63) is 40.4 Å². The van der Waals surface area contributed by atoms with E-state index in [2.05, 4.69) is 36.3 Å². The standard InChI is InChI=1S/C15H22N4O/c1-4-12(16-9-10-19(2)3)14-17-13-8-6-5-7-11(13)15(20)18-14/h5-8,12,16H,4,9-10H2,1-3H3,(H,17,18,20)/p+2/t12-/m0/s1. The van der Waals surface area contributed by atoms with Crippen LogP contribution in [0.1, 0.15) is 25.2 Å². The number of benzene rings is 1. The van der Waals surface area contributed by atoms with E-state index in [1.807, 2.05) is 24.3 Å². The normalized spacial score (nSPS) is 13.0. The van der Waals surface area contributed by atoms with Gasteiger partial charge in [0, 0.05) is 6.42 Å². The van der Waals surface area contributed by atoms with Gasteiger partial charge < -0.3 is 15.2 Å². The van der Waals surface area contributed by atoms with Gasteiger partial charge >= 0.3 is 0 Å². The van der Waals surface area contributed by atoms with Crippen molar-refractivity contribution in [1.29, 1.82) is 0 Å². The van der Waals surface area contributed by atoms with Crippen LogP contribution in [0.25, 0.3) is 10.9 Å². The maximum absolute atomic E-state index is 12.1. The molecule has 20 heavy (non-hydrogen) atoms. The lowest BCUT2D eigenvalue weighted by molar-refractivity contribution is -0.877. The van der Waals surface area contributed by atoms with Crippen LogP contribution in [0.2, 0.25) is 0 Å². The SMILES string of the molecule is CC[C@H]([NH2+]CC[NH+](C)C)c1nc2ccccc2c(=O)[nH]1. The molecule has 1 heterocycles. The molecule has 1 aromatic heterocycles. The minimum atomic E-state index is -0.0457. The summed E-state index contributed by atoms with van der Waals surface area (Å²) < 4.78 is 0. The lowest BCUT2D eigenvalue weighted by Crippen LogP contribution is -3.09. The average Bonchev–Trinajstić information content (AvgIpc) is 2.43. The Labute approximate surface area is 119 Å². The van der Waals surface area contributed by atoms with Crippen LogP contribution in [0.5, 0.6) is 0 Å². The molecular formula is C15H24N4O+2. The molecule has 0 aliphatic heterocycles. The smallest absolute Gasteiger partial charge is 0.258 e. The molecule has 1 atom stereocenters. The quantitative estimate of drug-likeness (QED) is 0.639. The number of hydrogen-bond donors (Lipinski definition) is 3. The van der Waals surface area contributed by atoms with E-state index in [-0.39, 0.29) is 11.6 Å². The number of aromatic nitrogens is 2. The summed E-state index contributed by atoms with van der Waals surface area (Å²) in [7, 11) is 4.29. The lowest BCUT2D eigenvalue weighted by atomic mass is 10.2. The fourth-order valence-corrected chi connectivity index (χ4v) is 2.32. The van der Waals surface area contributed by atoms with Crippen LogP contribution in [-0.2, 0) is 0 Å². The summed E-state index contributed by atoms with van der Waals surface area (Å²) >= 11 is 0. The third-order valence-electron chi connectivity index (χ3n) is 3.52. The number of nitrogens with one attached hydrogen (secondary N) is 2. The maximum atomic E-state index is 12.1. The molecule has 0 radical (unpaired) electrons. The second-order valence-electron chi connectivity index (χ2n) is 5.46. The van der Waals surface area contributed by atoms with E-state index < -0.39 is 0 Å². The lowest BCUT2D eigenvalue weighted by Gasteiger charge is -2.14. The van der Waals surface area contributed by atoms with E-state index in [0.29, 0.717) is 5.39 Å². The van der Waals surface area contributed by atoms with Gasteiger partial charge in [-0.15, -0.1) is 0 Å². The molecule has 108 valence electrons. The third-order valence-corrected chi connectivity index (χ3v) is 3.52. The third kappa shape index (κ3) is 3.43. The van der Waals surface area contributed by atoms with Crippen LogP contribution in [0, 0.1) is 0 Å². The molecular weight excluding hydrogens is 252 g/mol. The van der Waals surface area contributed by atoms with E-state index in [9.17, 15) is 4.79 Å². The Morgan fingerprint density at radius 3 is 2.80 bits per heavy atom. The fraction of sp³-hybridized carbons (Fsp3) is 0.467. The van der Waals surface area contributed by atoms with Crippen LogP contribution >= 0.6 is 0 Å². The first-order valence-electron chi connectivity index (χ1n) is 7.23. The Bertz CT molecular complexity index is 621. The largest absolute Gasteiger partial charge is 0.335 e. The summed E-state index contributed by atoms with van der Waals surface area (Å²) in [5.41, 5.74) is 0.729. The van der Waals surface area contributed by atoms with Crippen LogP contribution < -0.4 is 15.8 Å². The molecule has 0 amide bonds. The predicted octanol–water partition coefficient (Wildman–Crippen LogP) is -0.918. The zero-order valence-corrected chi connectivity index (χ0v) is 12.4. The van der Waals surface area contributed by atoms with Gasteiger partial charge in [0.05, 0.1) is 25.0 Å². The number of likely N-dealkylation sites (N-methyl/N-ethyl adjacent to an activating group) is 1. The van der Waals surface area contributed by atoms with Crippen LogP contribution in [0.3, 0.4) is 0 Å². The van der Waals surface area contributed by atoms with Crippen molar-refractivity contribution in [2.75, 3.05) is 27.2 Å². The van der Waals surface area contributed by atoms with E-state index in [0.717, 1.165) is 30.9 Å². The molecule has 0 unspecified atom stereocenters. The molecule has 0 fully saturated rings. The van der Waals surface area contributed by atoms with Gasteiger partial charge in [0.25, 0.3) is 5.56 Å². The number of rotatable bonds is 6. The second-order valence-corrected chi connectivity index (χ2v) is 5.46. The van der Waals surface area contributed by atoms with Crippen molar-refractivity contribution in [2.24, 2.45) is 0 Å². The highest BCUT2D eigenvalue weighted by molar-refractivity contribution is 5.77. The van der Waals surface area contributed by atoms with Crippen LogP contribution in [0.4, 0.5) is 0 Å². The first-order valence-corrected chi connectivity index (χ1v) is 7.23. The molecule has 4 N–H and O–H groups in total. The molecule has 0 saturated carbocycles. The number of hydrogen-bond acceptors (Lipinski definition) is 2. The van der Waals surface area contributed by atoms with Crippen molar-refractivity contribution in [3.8, 4) is 0 Å². The van der Waals surface area contributed by atoms with Gasteiger partial charge in [-0.2, -0.15) is 0 Å². The number of nitrogens with zero attached hydrogens (tertiary/aromatic N) is 1. The van der Waals surface area contributed by atoms with Gasteiger partial charge in [0.1, 0.15) is 19.1 Å². The summed E-state index contributed by atoms with van der Waals surface area (Å²) in [6, 6.07) is 7.70. The fourth-order valence-electron chi connectivity index (χ4n) is 2.32. The minimum Gasteiger partial charge on any atom is -0.335 e. The van der Waals surface area contributed by atoms with Gasteiger partial charge in [-0.3, -0.25) is 4.79 Å². The Hall–Kier alpha value is -1.72. The number of quaternary nitrogens is 2. The van der Waals surface area contributed by atoms with Crippen molar-refractivity contribution in [1.82, 2.24) is 9.97 Å². The number of nitrogens with two attached hydrogens (primary N) is 1. The summed E-state index contributed by atoms with van der Waals surface area (Å²) in [5, 5.41) is 2.92.